The largest absolute Gasteiger partial charge is 0.332 e. The summed E-state index contributed by atoms with van der Waals surface area (Å²) in [6.45, 7) is 5.85. The molecule has 4 aromatic rings. The number of halogens is 1. The van der Waals surface area contributed by atoms with Crippen LogP contribution >= 0.6 is 11.6 Å². The fourth-order valence-corrected chi connectivity index (χ4v) is 4.49. The molecule has 7 nitrogen and oxygen atoms in total. The van der Waals surface area contributed by atoms with Gasteiger partial charge in [-0.15, -0.1) is 0 Å². The minimum Gasteiger partial charge on any atom is -0.312 e. The lowest BCUT2D eigenvalue weighted by Gasteiger charge is -2.33. The van der Waals surface area contributed by atoms with Crippen LogP contribution in [0.4, 0.5) is 11.6 Å². The van der Waals surface area contributed by atoms with Gasteiger partial charge in [0, 0.05) is 30.8 Å². The molecule has 0 amide bonds. The highest BCUT2D eigenvalue weighted by atomic mass is 35.5. The summed E-state index contributed by atoms with van der Waals surface area (Å²) in [6, 6.07) is 15.4. The Morgan fingerprint density at radius 3 is 2.41 bits per heavy atom. The fourth-order valence-electron chi connectivity index (χ4n) is 4.36. The van der Waals surface area contributed by atoms with Crippen molar-refractivity contribution in [3.63, 3.8) is 0 Å². The topological polar surface area (TPSA) is 65.1 Å². The third kappa shape index (κ3) is 3.33. The highest BCUT2D eigenvalue weighted by Crippen LogP contribution is 2.32. The number of aryl methyl sites for hydroxylation is 2. The summed E-state index contributed by atoms with van der Waals surface area (Å²) in [5.41, 5.74) is 3.19. The van der Waals surface area contributed by atoms with Crippen molar-refractivity contribution in [2.75, 3.05) is 11.4 Å². The van der Waals surface area contributed by atoms with Crippen molar-refractivity contribution in [3.8, 4) is 0 Å². The van der Waals surface area contributed by atoms with Gasteiger partial charge >= 0.3 is 5.69 Å². The summed E-state index contributed by atoms with van der Waals surface area (Å²) in [5.74, 6) is 1.00. The van der Waals surface area contributed by atoms with Crippen LogP contribution in [0.2, 0.25) is 5.02 Å². The Bertz CT molecular complexity index is 1430. The van der Waals surface area contributed by atoms with Crippen LogP contribution in [0.3, 0.4) is 0 Å². The molecule has 3 heterocycles. The summed E-state index contributed by atoms with van der Waals surface area (Å²) < 4.78 is 4.70. The third-order valence-corrected chi connectivity index (χ3v) is 6.29. The van der Waals surface area contributed by atoms with E-state index < -0.39 is 0 Å². The van der Waals surface area contributed by atoms with Crippen molar-refractivity contribution >= 4 is 34.4 Å². The first-order valence-electron chi connectivity index (χ1n) is 10.6. The van der Waals surface area contributed by atoms with Gasteiger partial charge in [0.2, 0.25) is 5.95 Å². The van der Waals surface area contributed by atoms with Gasteiger partial charge in [0.1, 0.15) is 0 Å². The van der Waals surface area contributed by atoms with E-state index in [-0.39, 0.29) is 17.8 Å². The molecule has 5 rings (SSSR count). The summed E-state index contributed by atoms with van der Waals surface area (Å²) in [6.07, 6.45) is 0. The van der Waals surface area contributed by atoms with E-state index in [1.54, 1.807) is 19.2 Å². The maximum Gasteiger partial charge on any atom is 0.332 e. The third-order valence-electron chi connectivity index (χ3n) is 6.04. The molecule has 2 aromatic heterocycles. The molecule has 0 aliphatic carbocycles. The molecule has 0 unspecified atom stereocenters. The van der Waals surface area contributed by atoms with Crippen molar-refractivity contribution in [2.24, 2.45) is 13.0 Å². The van der Waals surface area contributed by atoms with Crippen LogP contribution in [-0.2, 0) is 20.1 Å². The Morgan fingerprint density at radius 2 is 1.72 bits per heavy atom. The van der Waals surface area contributed by atoms with Crippen LogP contribution in [0.5, 0.6) is 0 Å². The second kappa shape index (κ2) is 7.67. The second-order valence-electron chi connectivity index (χ2n) is 8.61. The highest BCUT2D eigenvalue weighted by molar-refractivity contribution is 6.30. The van der Waals surface area contributed by atoms with Gasteiger partial charge in [-0.2, -0.15) is 4.98 Å². The molecule has 32 heavy (non-hydrogen) atoms. The molecular formula is C24H24ClN5O2. The normalized spacial score (nSPS) is 15.9. The number of nitrogens with zero attached hydrogens (tertiary/aromatic N) is 5. The smallest absolute Gasteiger partial charge is 0.312 e. The summed E-state index contributed by atoms with van der Waals surface area (Å²) >= 11 is 5.98. The number of anilines is 2. The first kappa shape index (κ1) is 20.6. The molecular weight excluding hydrogens is 426 g/mol. The average Bonchev–Trinajstić information content (AvgIpc) is 3.16. The predicted octanol–water partition coefficient (Wildman–Crippen LogP) is 3.69. The molecule has 0 fully saturated rings. The molecule has 164 valence electrons. The molecule has 0 saturated carbocycles. The number of hydrogen-bond donors (Lipinski definition) is 0. The second-order valence-corrected chi connectivity index (χ2v) is 9.04. The Hall–Kier alpha value is -3.32. The van der Waals surface area contributed by atoms with Gasteiger partial charge in [0.05, 0.1) is 6.54 Å². The number of rotatable bonds is 3. The minimum absolute atomic E-state index is 0.177. The van der Waals surface area contributed by atoms with Crippen LogP contribution in [0.25, 0.3) is 11.2 Å². The van der Waals surface area contributed by atoms with Gasteiger partial charge in [0.25, 0.3) is 5.56 Å². The van der Waals surface area contributed by atoms with Crippen molar-refractivity contribution in [3.05, 3.63) is 85.5 Å². The van der Waals surface area contributed by atoms with E-state index in [2.05, 4.69) is 43.0 Å². The minimum atomic E-state index is -0.386. The Kier molecular flexibility index (Phi) is 4.93. The van der Waals surface area contributed by atoms with E-state index in [1.807, 2.05) is 16.7 Å². The van der Waals surface area contributed by atoms with E-state index in [0.29, 0.717) is 34.6 Å². The first-order chi connectivity index (χ1) is 15.3. The van der Waals surface area contributed by atoms with E-state index in [1.165, 1.54) is 14.7 Å². The Balaban J connectivity index is 1.70. The quantitative estimate of drug-likeness (QED) is 0.478. The fraction of sp³-hybridized carbons (Fsp3) is 0.292. The zero-order valence-electron chi connectivity index (χ0n) is 18.2. The summed E-state index contributed by atoms with van der Waals surface area (Å²) in [7, 11) is 1.67. The lowest BCUT2D eigenvalue weighted by Crippen LogP contribution is -2.40. The van der Waals surface area contributed by atoms with Crippen LogP contribution in [-0.4, -0.2) is 25.2 Å². The lowest BCUT2D eigenvalue weighted by molar-refractivity contribution is 0.458. The zero-order valence-corrected chi connectivity index (χ0v) is 19.0. The molecule has 2 aromatic carbocycles. The van der Waals surface area contributed by atoms with E-state index in [0.717, 1.165) is 17.8 Å². The van der Waals surface area contributed by atoms with Crippen molar-refractivity contribution in [1.29, 1.82) is 0 Å². The van der Waals surface area contributed by atoms with Gasteiger partial charge in [-0.1, -0.05) is 48.4 Å². The van der Waals surface area contributed by atoms with Crippen molar-refractivity contribution < 1.29 is 0 Å². The summed E-state index contributed by atoms with van der Waals surface area (Å²) in [4.78, 5) is 33.5. The molecule has 0 radical (unpaired) electrons. The van der Waals surface area contributed by atoms with Crippen LogP contribution in [0, 0.1) is 12.8 Å². The Morgan fingerprint density at radius 1 is 1.03 bits per heavy atom. The highest BCUT2D eigenvalue weighted by Gasteiger charge is 2.29. The number of benzene rings is 2. The van der Waals surface area contributed by atoms with Gasteiger partial charge in [-0.3, -0.25) is 13.9 Å². The monoisotopic (exact) mass is 449 g/mol. The molecule has 0 saturated heterocycles. The zero-order chi connectivity index (χ0) is 22.6. The standard InChI is InChI=1S/C24H24ClN5O2/c1-15-4-10-19(11-5-15)28-12-16(2)13-29-20-21(26-23(28)29)27(3)24(32)30(22(20)31)14-17-6-8-18(25)9-7-17/h4-11,16H,12-14H2,1-3H3/t16-/m1/s1. The maximum absolute atomic E-state index is 13.5. The number of aromatic nitrogens is 4. The average molecular weight is 450 g/mol. The lowest BCUT2D eigenvalue weighted by atomic mass is 10.1. The van der Waals surface area contributed by atoms with Gasteiger partial charge in [0.15, 0.2) is 11.2 Å². The van der Waals surface area contributed by atoms with E-state index in [9.17, 15) is 9.59 Å². The molecule has 1 atom stereocenters. The van der Waals surface area contributed by atoms with E-state index in [4.69, 9.17) is 16.6 Å². The summed E-state index contributed by atoms with van der Waals surface area (Å²) in [5, 5.41) is 0.611. The molecule has 0 bridgehead atoms. The van der Waals surface area contributed by atoms with Gasteiger partial charge < -0.3 is 9.47 Å². The van der Waals surface area contributed by atoms with Gasteiger partial charge in [-0.25, -0.2) is 4.79 Å². The van der Waals surface area contributed by atoms with E-state index >= 15 is 0 Å². The van der Waals surface area contributed by atoms with Crippen LogP contribution < -0.4 is 16.1 Å². The first-order valence-corrected chi connectivity index (χ1v) is 11.0. The van der Waals surface area contributed by atoms with Crippen molar-refractivity contribution in [1.82, 2.24) is 18.7 Å². The molecule has 0 spiro atoms. The SMILES string of the molecule is Cc1ccc(N2C[C@@H](C)Cn3c2nc2c3c(=O)n(Cc3ccc(Cl)cc3)c(=O)n2C)cc1. The predicted molar refractivity (Wildman–Crippen MR) is 127 cm³/mol. The molecule has 8 heteroatoms. The molecule has 0 N–H and O–H groups in total. The number of imidazole rings is 1. The van der Waals surface area contributed by atoms with Crippen molar-refractivity contribution in [2.45, 2.75) is 26.9 Å². The van der Waals surface area contributed by atoms with Crippen LogP contribution in [0.15, 0.2) is 58.1 Å². The molecule has 1 aliphatic rings. The molecule has 1 aliphatic heterocycles. The number of fused-ring (bicyclic) bond motifs is 3. The maximum atomic E-state index is 13.5. The number of hydrogen-bond acceptors (Lipinski definition) is 4. The van der Waals surface area contributed by atoms with Gasteiger partial charge in [-0.05, 0) is 42.7 Å². The van der Waals surface area contributed by atoms with Crippen LogP contribution in [0.1, 0.15) is 18.1 Å². The Labute approximate surface area is 190 Å².